The summed E-state index contributed by atoms with van der Waals surface area (Å²) in [6, 6.07) is 8.56. The fraction of sp³-hybridized carbons (Fsp3) is 0.444. The SMILES string of the molecule is C=CCC(c1ccccc1)[C@H]1C(=O)O[C@@H](C(C)(C)C)N1C(=O)O. The Kier molecular flexibility index (Phi) is 4.78. The summed E-state index contributed by atoms with van der Waals surface area (Å²) in [7, 11) is 0. The highest BCUT2D eigenvalue weighted by molar-refractivity contribution is 5.85. The lowest BCUT2D eigenvalue weighted by atomic mass is 9.86. The zero-order valence-corrected chi connectivity index (χ0v) is 13.7. The van der Waals surface area contributed by atoms with Crippen molar-refractivity contribution in [2.75, 3.05) is 0 Å². The lowest BCUT2D eigenvalue weighted by Crippen LogP contribution is -2.49. The van der Waals surface area contributed by atoms with Crippen LogP contribution in [-0.2, 0) is 9.53 Å². The molecule has 0 saturated carbocycles. The molecule has 2 rings (SSSR count). The molecule has 1 unspecified atom stereocenters. The highest BCUT2D eigenvalue weighted by Gasteiger charge is 2.52. The zero-order chi connectivity index (χ0) is 17.2. The van der Waals surface area contributed by atoms with Crippen molar-refractivity contribution in [2.24, 2.45) is 5.41 Å². The first-order valence-corrected chi connectivity index (χ1v) is 7.65. The number of ether oxygens (including phenoxy) is 1. The van der Waals surface area contributed by atoms with Crippen LogP contribution in [0.3, 0.4) is 0 Å². The predicted molar refractivity (Wildman–Crippen MR) is 87.0 cm³/mol. The number of carbonyl (C=O) groups excluding carboxylic acids is 1. The molecule has 1 aromatic carbocycles. The van der Waals surface area contributed by atoms with Crippen molar-refractivity contribution in [3.63, 3.8) is 0 Å². The van der Waals surface area contributed by atoms with E-state index in [2.05, 4.69) is 6.58 Å². The molecule has 0 bridgehead atoms. The van der Waals surface area contributed by atoms with E-state index in [1.165, 1.54) is 0 Å². The van der Waals surface area contributed by atoms with E-state index in [0.29, 0.717) is 6.42 Å². The van der Waals surface area contributed by atoms with Crippen molar-refractivity contribution in [2.45, 2.75) is 45.4 Å². The fourth-order valence-corrected chi connectivity index (χ4v) is 2.99. The normalized spacial score (nSPS) is 22.6. The molecule has 1 aliphatic heterocycles. The highest BCUT2D eigenvalue weighted by atomic mass is 16.6. The van der Waals surface area contributed by atoms with Gasteiger partial charge in [0.25, 0.3) is 0 Å². The molecule has 0 spiro atoms. The maximum Gasteiger partial charge on any atom is 0.411 e. The van der Waals surface area contributed by atoms with Gasteiger partial charge in [0.1, 0.15) is 6.04 Å². The maximum absolute atomic E-state index is 12.5. The number of carboxylic acid groups (broad SMARTS) is 1. The molecule has 1 N–H and O–H groups in total. The molecule has 5 heteroatoms. The summed E-state index contributed by atoms with van der Waals surface area (Å²) in [6.45, 7) is 9.31. The number of rotatable bonds is 4. The first kappa shape index (κ1) is 17.1. The van der Waals surface area contributed by atoms with Crippen molar-refractivity contribution in [1.29, 1.82) is 0 Å². The van der Waals surface area contributed by atoms with Gasteiger partial charge >= 0.3 is 12.1 Å². The van der Waals surface area contributed by atoms with E-state index in [1.807, 2.05) is 51.1 Å². The summed E-state index contributed by atoms with van der Waals surface area (Å²) < 4.78 is 5.43. The first-order chi connectivity index (χ1) is 10.8. The van der Waals surface area contributed by atoms with E-state index >= 15 is 0 Å². The topological polar surface area (TPSA) is 66.8 Å². The van der Waals surface area contributed by atoms with E-state index in [9.17, 15) is 14.7 Å². The third-order valence-corrected chi connectivity index (χ3v) is 4.01. The van der Waals surface area contributed by atoms with Crippen molar-refractivity contribution in [3.8, 4) is 0 Å². The number of nitrogens with zero attached hydrogens (tertiary/aromatic N) is 1. The third-order valence-electron chi connectivity index (χ3n) is 4.01. The number of hydrogen-bond acceptors (Lipinski definition) is 3. The average Bonchev–Trinajstić information content (AvgIpc) is 2.83. The number of esters is 1. The van der Waals surface area contributed by atoms with Crippen LogP contribution in [-0.4, -0.2) is 34.3 Å². The van der Waals surface area contributed by atoms with Gasteiger partial charge in [-0.2, -0.15) is 0 Å². The molecule has 5 nitrogen and oxygen atoms in total. The van der Waals surface area contributed by atoms with E-state index in [-0.39, 0.29) is 5.92 Å². The molecule has 1 aliphatic rings. The molecule has 0 aromatic heterocycles. The van der Waals surface area contributed by atoms with Gasteiger partial charge in [-0.3, -0.25) is 4.90 Å². The summed E-state index contributed by atoms with van der Waals surface area (Å²) in [5.41, 5.74) is 0.397. The molecule has 0 aliphatic carbocycles. The van der Waals surface area contributed by atoms with Crippen molar-refractivity contribution < 1.29 is 19.4 Å². The van der Waals surface area contributed by atoms with Crippen LogP contribution in [0.5, 0.6) is 0 Å². The van der Waals surface area contributed by atoms with Gasteiger partial charge in [0.15, 0.2) is 6.23 Å². The molecule has 124 valence electrons. The van der Waals surface area contributed by atoms with Crippen LogP contribution in [0.1, 0.15) is 38.7 Å². The minimum absolute atomic E-state index is 0.315. The fourth-order valence-electron chi connectivity index (χ4n) is 2.99. The number of amides is 1. The van der Waals surface area contributed by atoms with Crippen LogP contribution in [0.2, 0.25) is 0 Å². The van der Waals surface area contributed by atoms with Gasteiger partial charge < -0.3 is 9.84 Å². The number of carbonyl (C=O) groups is 2. The van der Waals surface area contributed by atoms with Gasteiger partial charge in [-0.25, -0.2) is 9.59 Å². The molecule has 1 aromatic rings. The Hall–Kier alpha value is -2.30. The molecule has 1 saturated heterocycles. The predicted octanol–water partition coefficient (Wildman–Crippen LogP) is 3.62. The molecule has 3 atom stereocenters. The smallest absolute Gasteiger partial charge is 0.411 e. The van der Waals surface area contributed by atoms with Crippen molar-refractivity contribution >= 4 is 12.1 Å². The van der Waals surface area contributed by atoms with Gasteiger partial charge in [0.2, 0.25) is 0 Å². The summed E-state index contributed by atoms with van der Waals surface area (Å²) >= 11 is 0. The number of cyclic esters (lactones) is 1. The van der Waals surface area contributed by atoms with Gasteiger partial charge in [-0.1, -0.05) is 57.2 Å². The van der Waals surface area contributed by atoms with E-state index < -0.39 is 29.7 Å². The van der Waals surface area contributed by atoms with Crippen LogP contribution in [0, 0.1) is 5.41 Å². The van der Waals surface area contributed by atoms with Crippen molar-refractivity contribution in [3.05, 3.63) is 48.6 Å². The minimum Gasteiger partial charge on any atom is -0.465 e. The van der Waals surface area contributed by atoms with Gasteiger partial charge in [-0.05, 0) is 12.0 Å². The summed E-state index contributed by atoms with van der Waals surface area (Å²) in [5.74, 6) is -0.812. The Morgan fingerprint density at radius 1 is 1.39 bits per heavy atom. The monoisotopic (exact) mass is 317 g/mol. The number of hydrogen-bond donors (Lipinski definition) is 1. The van der Waals surface area contributed by atoms with E-state index in [1.54, 1.807) is 6.08 Å². The third kappa shape index (κ3) is 3.38. The largest absolute Gasteiger partial charge is 0.465 e. The second-order valence-corrected chi connectivity index (χ2v) is 6.83. The second-order valence-electron chi connectivity index (χ2n) is 6.83. The second kappa shape index (κ2) is 6.44. The molecule has 0 radical (unpaired) electrons. The van der Waals surface area contributed by atoms with Crippen LogP contribution < -0.4 is 0 Å². The van der Waals surface area contributed by atoms with E-state index in [4.69, 9.17) is 4.74 Å². The molecule has 1 heterocycles. The quantitative estimate of drug-likeness (QED) is 0.680. The number of benzene rings is 1. The summed E-state index contributed by atoms with van der Waals surface area (Å²) in [4.78, 5) is 25.5. The molecule has 1 amide bonds. The first-order valence-electron chi connectivity index (χ1n) is 7.65. The lowest BCUT2D eigenvalue weighted by molar-refractivity contribution is -0.147. The Labute approximate surface area is 136 Å². The van der Waals surface area contributed by atoms with Crippen molar-refractivity contribution in [1.82, 2.24) is 4.90 Å². The zero-order valence-electron chi connectivity index (χ0n) is 13.7. The lowest BCUT2D eigenvalue weighted by Gasteiger charge is -2.34. The average molecular weight is 317 g/mol. The molecular weight excluding hydrogens is 294 g/mol. The Balaban J connectivity index is 2.46. The Bertz CT molecular complexity index is 591. The highest BCUT2D eigenvalue weighted by Crippen LogP contribution is 2.39. The van der Waals surface area contributed by atoms with Gasteiger partial charge in [0, 0.05) is 11.3 Å². The Morgan fingerprint density at radius 3 is 2.48 bits per heavy atom. The summed E-state index contributed by atoms with van der Waals surface area (Å²) in [6.07, 6.45) is 0.249. The number of allylic oxidation sites excluding steroid dienone is 1. The van der Waals surface area contributed by atoms with Crippen LogP contribution >= 0.6 is 0 Å². The van der Waals surface area contributed by atoms with Crippen LogP contribution in [0.4, 0.5) is 4.79 Å². The molecule has 23 heavy (non-hydrogen) atoms. The molecule has 1 fully saturated rings. The standard InChI is InChI=1S/C18H23NO4/c1-5-9-13(12-10-7-6-8-11-12)14-15(20)23-16(18(2,3)4)19(14)17(21)22/h5-8,10-11,13-14,16H,1,9H2,2-4H3,(H,21,22)/t13?,14-,16-/m0/s1. The van der Waals surface area contributed by atoms with Crippen LogP contribution in [0.25, 0.3) is 0 Å². The minimum atomic E-state index is -1.15. The van der Waals surface area contributed by atoms with E-state index in [0.717, 1.165) is 10.5 Å². The van der Waals surface area contributed by atoms with Gasteiger partial charge in [-0.15, -0.1) is 6.58 Å². The van der Waals surface area contributed by atoms with Crippen LogP contribution in [0.15, 0.2) is 43.0 Å². The summed E-state index contributed by atoms with van der Waals surface area (Å²) in [5, 5.41) is 9.67. The maximum atomic E-state index is 12.5. The molecular formula is C18H23NO4. The van der Waals surface area contributed by atoms with Gasteiger partial charge in [0.05, 0.1) is 0 Å². The Morgan fingerprint density at radius 2 is 2.00 bits per heavy atom.